The van der Waals surface area contributed by atoms with Crippen LogP contribution in [0.4, 0.5) is 18.9 Å². The van der Waals surface area contributed by atoms with Gasteiger partial charge < -0.3 is 20.4 Å². The van der Waals surface area contributed by atoms with Crippen LogP contribution in [0.3, 0.4) is 0 Å². The van der Waals surface area contributed by atoms with Gasteiger partial charge in [-0.2, -0.15) is 13.2 Å². The lowest BCUT2D eigenvalue weighted by Gasteiger charge is -2.33. The number of carbonyl (C=O) groups excluding carboxylic acids is 2. The van der Waals surface area contributed by atoms with E-state index < -0.39 is 11.7 Å². The first kappa shape index (κ1) is 19.0. The lowest BCUT2D eigenvalue weighted by Crippen LogP contribution is -3.16. The van der Waals surface area contributed by atoms with Crippen LogP contribution in [-0.2, 0) is 15.8 Å². The van der Waals surface area contributed by atoms with Gasteiger partial charge in [-0.05, 0) is 18.2 Å². The Balaban J connectivity index is 1.83. The summed E-state index contributed by atoms with van der Waals surface area (Å²) in [7, 11) is 1.49. The molecule has 2 rings (SSSR count). The Hall–Kier alpha value is -2.29. The van der Waals surface area contributed by atoms with Crippen molar-refractivity contribution in [1.82, 2.24) is 10.6 Å². The summed E-state index contributed by atoms with van der Waals surface area (Å²) in [6.07, 6.45) is -4.36. The molecule has 0 saturated carbocycles. The molecule has 1 fully saturated rings. The van der Waals surface area contributed by atoms with Gasteiger partial charge in [-0.1, -0.05) is 6.07 Å². The summed E-state index contributed by atoms with van der Waals surface area (Å²) < 4.78 is 38.4. The van der Waals surface area contributed by atoms with Crippen LogP contribution in [0, 0.1) is 0 Å². The topological polar surface area (TPSA) is 65.9 Å². The molecule has 138 valence electrons. The van der Waals surface area contributed by atoms with Gasteiger partial charge in [-0.15, -0.1) is 0 Å². The molecule has 2 amide bonds. The average molecular weight is 359 g/mol. The largest absolute Gasteiger partial charge is 0.416 e. The quantitative estimate of drug-likeness (QED) is 0.650. The Morgan fingerprint density at radius 3 is 2.48 bits per heavy atom. The highest BCUT2D eigenvalue weighted by atomic mass is 19.4. The highest BCUT2D eigenvalue weighted by Gasteiger charge is 2.31. The predicted octanol–water partition coefficient (Wildman–Crippen LogP) is -0.727. The lowest BCUT2D eigenvalue weighted by atomic mass is 10.1. The predicted molar refractivity (Wildman–Crippen MR) is 86.3 cm³/mol. The zero-order chi connectivity index (χ0) is 18.4. The maximum Gasteiger partial charge on any atom is 0.416 e. The molecule has 0 aliphatic carbocycles. The van der Waals surface area contributed by atoms with Gasteiger partial charge in [0, 0.05) is 12.7 Å². The van der Waals surface area contributed by atoms with E-state index in [0.717, 1.165) is 17.0 Å². The number of halogens is 3. The van der Waals surface area contributed by atoms with Crippen molar-refractivity contribution in [2.24, 2.45) is 0 Å². The van der Waals surface area contributed by atoms with Crippen LogP contribution >= 0.6 is 0 Å². The van der Waals surface area contributed by atoms with Crippen LogP contribution < -0.4 is 20.4 Å². The molecule has 9 heteroatoms. The molecule has 0 aromatic heterocycles. The van der Waals surface area contributed by atoms with Crippen molar-refractivity contribution in [3.05, 3.63) is 29.8 Å². The number of rotatable bonds is 5. The van der Waals surface area contributed by atoms with Crippen LogP contribution in [0.25, 0.3) is 0 Å². The fourth-order valence-corrected chi connectivity index (χ4v) is 2.69. The van der Waals surface area contributed by atoms with E-state index in [2.05, 4.69) is 10.6 Å². The zero-order valence-electron chi connectivity index (χ0n) is 13.9. The number of amides is 2. The van der Waals surface area contributed by atoms with E-state index in [4.69, 9.17) is 0 Å². The van der Waals surface area contributed by atoms with E-state index in [0.29, 0.717) is 31.9 Å². The normalized spacial score (nSPS) is 15.8. The van der Waals surface area contributed by atoms with E-state index in [1.807, 2.05) is 4.90 Å². The zero-order valence-corrected chi connectivity index (χ0v) is 13.9. The number of piperazine rings is 1. The van der Waals surface area contributed by atoms with Gasteiger partial charge in [0.25, 0.3) is 5.91 Å². The number of nitrogens with zero attached hydrogens (tertiary/aromatic N) is 1. The van der Waals surface area contributed by atoms with Gasteiger partial charge in [0.1, 0.15) is 0 Å². The second kappa shape index (κ2) is 8.19. The molecule has 0 atom stereocenters. The van der Waals surface area contributed by atoms with E-state index in [-0.39, 0.29) is 24.9 Å². The van der Waals surface area contributed by atoms with Crippen molar-refractivity contribution in [3.63, 3.8) is 0 Å². The summed E-state index contributed by atoms with van der Waals surface area (Å²) in [5.41, 5.74) is -0.119. The molecule has 1 aliphatic rings. The molecular formula is C16H22F3N4O2+. The Labute approximate surface area is 144 Å². The number of likely N-dealkylation sites (N-methyl/N-ethyl adjacent to an activating group) is 1. The van der Waals surface area contributed by atoms with Crippen molar-refractivity contribution in [3.8, 4) is 0 Å². The SMILES string of the molecule is CNC(=O)CNC(=O)C[NH+]1CCN(c2cccc(C(F)(F)F)c2)CC1. The number of anilines is 1. The second-order valence-corrected chi connectivity index (χ2v) is 5.91. The summed E-state index contributed by atoms with van der Waals surface area (Å²) >= 11 is 0. The first-order chi connectivity index (χ1) is 11.8. The Kier molecular flexibility index (Phi) is 6.24. The van der Waals surface area contributed by atoms with Crippen LogP contribution in [0.2, 0.25) is 0 Å². The number of benzene rings is 1. The monoisotopic (exact) mass is 359 g/mol. The lowest BCUT2D eigenvalue weighted by molar-refractivity contribution is -0.892. The molecular weight excluding hydrogens is 337 g/mol. The third kappa shape index (κ3) is 5.63. The average Bonchev–Trinajstić information content (AvgIpc) is 2.59. The standard InChI is InChI=1S/C16H21F3N4O2/c1-20-14(24)10-21-15(25)11-22-5-7-23(8-6-22)13-4-2-3-12(9-13)16(17,18)19/h2-4,9H,5-8,10-11H2,1H3,(H,20,24)(H,21,25)/p+1. The molecule has 1 aromatic carbocycles. The van der Waals surface area contributed by atoms with E-state index in [1.165, 1.54) is 13.1 Å². The molecule has 3 N–H and O–H groups in total. The van der Waals surface area contributed by atoms with Gasteiger partial charge in [0.05, 0.1) is 38.3 Å². The third-order valence-corrected chi connectivity index (χ3v) is 4.14. The number of hydrogen-bond acceptors (Lipinski definition) is 3. The molecule has 0 radical (unpaired) electrons. The van der Waals surface area contributed by atoms with Crippen LogP contribution in [0.15, 0.2) is 24.3 Å². The first-order valence-corrected chi connectivity index (χ1v) is 8.02. The van der Waals surface area contributed by atoms with E-state index in [9.17, 15) is 22.8 Å². The van der Waals surface area contributed by atoms with Gasteiger partial charge in [-0.3, -0.25) is 9.59 Å². The number of carbonyl (C=O) groups is 2. The summed E-state index contributed by atoms with van der Waals surface area (Å²) in [6.45, 7) is 2.61. The molecule has 1 saturated heterocycles. The number of nitrogens with one attached hydrogen (secondary N) is 3. The smallest absolute Gasteiger partial charge is 0.360 e. The molecule has 6 nitrogen and oxygen atoms in total. The minimum absolute atomic E-state index is 0.0566. The van der Waals surface area contributed by atoms with Gasteiger partial charge >= 0.3 is 6.18 Å². The van der Waals surface area contributed by atoms with Gasteiger partial charge in [-0.25, -0.2) is 0 Å². The highest BCUT2D eigenvalue weighted by molar-refractivity contribution is 5.84. The number of quaternary nitrogens is 1. The molecule has 0 spiro atoms. The van der Waals surface area contributed by atoms with Crippen LogP contribution in [-0.4, -0.2) is 58.1 Å². The van der Waals surface area contributed by atoms with Crippen molar-refractivity contribution in [2.75, 3.05) is 51.2 Å². The summed E-state index contributed by atoms with van der Waals surface area (Å²) in [5.74, 6) is -0.483. The van der Waals surface area contributed by atoms with E-state index in [1.54, 1.807) is 6.07 Å². The maximum absolute atomic E-state index is 12.8. The second-order valence-electron chi connectivity index (χ2n) is 5.91. The Bertz CT molecular complexity index is 614. The van der Waals surface area contributed by atoms with Crippen molar-refractivity contribution in [2.45, 2.75) is 6.18 Å². The fraction of sp³-hybridized carbons (Fsp3) is 0.500. The van der Waals surface area contributed by atoms with Crippen molar-refractivity contribution >= 4 is 17.5 Å². The molecule has 25 heavy (non-hydrogen) atoms. The van der Waals surface area contributed by atoms with Gasteiger partial charge in [0.15, 0.2) is 6.54 Å². The van der Waals surface area contributed by atoms with Crippen molar-refractivity contribution in [1.29, 1.82) is 0 Å². The number of alkyl halides is 3. The molecule has 1 heterocycles. The Morgan fingerprint density at radius 2 is 1.88 bits per heavy atom. The van der Waals surface area contributed by atoms with Crippen molar-refractivity contribution < 1.29 is 27.7 Å². The summed E-state index contributed by atoms with van der Waals surface area (Å²) in [4.78, 5) is 25.8. The molecule has 0 bridgehead atoms. The number of hydrogen-bond donors (Lipinski definition) is 3. The fourth-order valence-electron chi connectivity index (χ4n) is 2.69. The minimum atomic E-state index is -4.36. The summed E-state index contributed by atoms with van der Waals surface area (Å²) in [5, 5.41) is 4.95. The Morgan fingerprint density at radius 1 is 1.20 bits per heavy atom. The highest BCUT2D eigenvalue weighted by Crippen LogP contribution is 2.31. The van der Waals surface area contributed by atoms with Crippen LogP contribution in [0.1, 0.15) is 5.56 Å². The van der Waals surface area contributed by atoms with E-state index >= 15 is 0 Å². The van der Waals surface area contributed by atoms with Gasteiger partial charge in [0.2, 0.25) is 5.91 Å². The minimum Gasteiger partial charge on any atom is -0.360 e. The molecule has 0 unspecified atom stereocenters. The maximum atomic E-state index is 12.8. The summed E-state index contributed by atoms with van der Waals surface area (Å²) in [6, 6.07) is 5.28. The molecule has 1 aliphatic heterocycles. The van der Waals surface area contributed by atoms with Crippen LogP contribution in [0.5, 0.6) is 0 Å². The third-order valence-electron chi connectivity index (χ3n) is 4.14. The molecule has 1 aromatic rings. The first-order valence-electron chi connectivity index (χ1n) is 8.02.